The molecule has 0 saturated heterocycles. The van der Waals surface area contributed by atoms with E-state index in [-0.39, 0.29) is 18.3 Å². The van der Waals surface area contributed by atoms with Crippen LogP contribution in [-0.2, 0) is 11.4 Å². The first-order chi connectivity index (χ1) is 15.1. The minimum atomic E-state index is -0.210. The average molecular weight is 436 g/mol. The second-order valence-electron chi connectivity index (χ2n) is 6.78. The van der Waals surface area contributed by atoms with Crippen molar-refractivity contribution in [2.45, 2.75) is 25.6 Å². The Bertz CT molecular complexity index is 1170. The Morgan fingerprint density at radius 3 is 2.61 bits per heavy atom. The largest absolute Gasteiger partial charge is 0.485 e. The number of ether oxygens (including phenoxy) is 1. The maximum absolute atomic E-state index is 12.3. The summed E-state index contributed by atoms with van der Waals surface area (Å²) in [4.78, 5) is 12.3. The van der Waals surface area contributed by atoms with Gasteiger partial charge in [-0.1, -0.05) is 53.3 Å². The molecule has 0 saturated carbocycles. The van der Waals surface area contributed by atoms with Crippen molar-refractivity contribution in [2.75, 3.05) is 11.1 Å². The molecule has 1 amide bonds. The molecule has 2 aromatic carbocycles. The smallest absolute Gasteiger partial charge is 0.236 e. The summed E-state index contributed by atoms with van der Waals surface area (Å²) in [6.07, 6.45) is 0. The molecule has 0 fully saturated rings. The van der Waals surface area contributed by atoms with E-state index in [0.717, 1.165) is 17.0 Å². The van der Waals surface area contributed by atoms with Gasteiger partial charge in [-0.15, -0.1) is 10.2 Å². The van der Waals surface area contributed by atoms with Gasteiger partial charge in [0.25, 0.3) is 0 Å². The summed E-state index contributed by atoms with van der Waals surface area (Å²) >= 11 is 1.29. The molecule has 0 radical (unpaired) electrons. The normalized spacial score (nSPS) is 10.8. The summed E-state index contributed by atoms with van der Waals surface area (Å²) in [6, 6.07) is 19.2. The SMILES string of the molecule is Cc1cc(NC(=O)CSc2nnc(COc3ccccc3C)n2-c2ccccc2)no1. The van der Waals surface area contributed by atoms with Crippen molar-refractivity contribution in [1.82, 2.24) is 19.9 Å². The molecule has 0 aliphatic rings. The fourth-order valence-electron chi connectivity index (χ4n) is 2.92. The zero-order valence-corrected chi connectivity index (χ0v) is 17.9. The summed E-state index contributed by atoms with van der Waals surface area (Å²) in [5.74, 6) is 2.39. The molecule has 1 N–H and O–H groups in total. The first-order valence-electron chi connectivity index (χ1n) is 9.64. The van der Waals surface area contributed by atoms with Crippen molar-refractivity contribution in [3.05, 3.63) is 77.8 Å². The van der Waals surface area contributed by atoms with Crippen LogP contribution in [0.1, 0.15) is 17.1 Å². The first-order valence-corrected chi connectivity index (χ1v) is 10.6. The Labute approximate surface area is 183 Å². The highest BCUT2D eigenvalue weighted by Gasteiger charge is 2.17. The molecule has 2 heterocycles. The van der Waals surface area contributed by atoms with Crippen LogP contribution in [0.25, 0.3) is 5.69 Å². The van der Waals surface area contributed by atoms with E-state index in [2.05, 4.69) is 20.7 Å². The quantitative estimate of drug-likeness (QED) is 0.415. The number of hydrogen-bond donors (Lipinski definition) is 1. The third kappa shape index (κ3) is 5.13. The van der Waals surface area contributed by atoms with Crippen LogP contribution >= 0.6 is 11.8 Å². The monoisotopic (exact) mass is 435 g/mol. The van der Waals surface area contributed by atoms with Crippen molar-refractivity contribution >= 4 is 23.5 Å². The molecule has 0 bridgehead atoms. The van der Waals surface area contributed by atoms with Gasteiger partial charge < -0.3 is 14.6 Å². The number of carbonyl (C=O) groups is 1. The number of aryl methyl sites for hydroxylation is 2. The van der Waals surface area contributed by atoms with Crippen LogP contribution in [0.3, 0.4) is 0 Å². The Hall–Kier alpha value is -3.59. The van der Waals surface area contributed by atoms with Crippen LogP contribution < -0.4 is 10.1 Å². The summed E-state index contributed by atoms with van der Waals surface area (Å²) in [5.41, 5.74) is 1.94. The number of anilines is 1. The zero-order chi connectivity index (χ0) is 21.6. The van der Waals surface area contributed by atoms with Gasteiger partial charge in [0.05, 0.1) is 5.75 Å². The summed E-state index contributed by atoms with van der Waals surface area (Å²) in [5, 5.41) is 15.7. The van der Waals surface area contributed by atoms with Gasteiger partial charge in [-0.25, -0.2) is 0 Å². The van der Waals surface area contributed by atoms with Crippen LogP contribution in [0.4, 0.5) is 5.82 Å². The third-order valence-corrected chi connectivity index (χ3v) is 5.32. The molecule has 31 heavy (non-hydrogen) atoms. The third-order valence-electron chi connectivity index (χ3n) is 4.39. The number of nitrogens with one attached hydrogen (secondary N) is 1. The van der Waals surface area contributed by atoms with E-state index in [1.165, 1.54) is 11.8 Å². The predicted molar refractivity (Wildman–Crippen MR) is 117 cm³/mol. The molecule has 4 rings (SSSR count). The predicted octanol–water partition coefficient (Wildman–Crippen LogP) is 4.18. The number of carbonyl (C=O) groups excluding carboxylic acids is 1. The molecule has 0 aliphatic carbocycles. The fourth-order valence-corrected chi connectivity index (χ4v) is 3.69. The molecule has 158 valence electrons. The van der Waals surface area contributed by atoms with Crippen molar-refractivity contribution < 1.29 is 14.1 Å². The molecular formula is C22H21N5O3S. The fraction of sp³-hybridized carbons (Fsp3) is 0.182. The van der Waals surface area contributed by atoms with Crippen LogP contribution in [0, 0.1) is 13.8 Å². The summed E-state index contributed by atoms with van der Waals surface area (Å²) in [6.45, 7) is 4.01. The van der Waals surface area contributed by atoms with Gasteiger partial charge in [-0.2, -0.15) is 0 Å². The van der Waals surface area contributed by atoms with Gasteiger partial charge >= 0.3 is 0 Å². The first kappa shape index (κ1) is 20.7. The van der Waals surface area contributed by atoms with E-state index in [4.69, 9.17) is 9.26 Å². The van der Waals surface area contributed by atoms with Gasteiger partial charge in [0.2, 0.25) is 5.91 Å². The molecule has 2 aromatic heterocycles. The molecule has 4 aromatic rings. The summed E-state index contributed by atoms with van der Waals surface area (Å²) < 4.78 is 12.8. The average Bonchev–Trinajstić information content (AvgIpc) is 3.38. The minimum Gasteiger partial charge on any atom is -0.485 e. The number of para-hydroxylation sites is 2. The van der Waals surface area contributed by atoms with Crippen LogP contribution in [-0.4, -0.2) is 31.6 Å². The Balaban J connectivity index is 1.50. The number of thioether (sulfide) groups is 1. The number of benzene rings is 2. The van der Waals surface area contributed by atoms with Gasteiger partial charge in [0, 0.05) is 11.8 Å². The molecule has 0 aliphatic heterocycles. The second-order valence-corrected chi connectivity index (χ2v) is 7.73. The number of aromatic nitrogens is 4. The number of hydrogen-bond acceptors (Lipinski definition) is 7. The Kier molecular flexibility index (Phi) is 6.32. The number of amides is 1. The Morgan fingerprint density at radius 2 is 1.87 bits per heavy atom. The van der Waals surface area contributed by atoms with Gasteiger partial charge in [-0.3, -0.25) is 9.36 Å². The summed E-state index contributed by atoms with van der Waals surface area (Å²) in [7, 11) is 0. The van der Waals surface area contributed by atoms with Crippen LogP contribution in [0.5, 0.6) is 5.75 Å². The van der Waals surface area contributed by atoms with E-state index >= 15 is 0 Å². The maximum Gasteiger partial charge on any atom is 0.236 e. The van der Waals surface area contributed by atoms with Gasteiger partial charge in [0.15, 0.2) is 16.8 Å². The van der Waals surface area contributed by atoms with Crippen molar-refractivity contribution in [3.63, 3.8) is 0 Å². The lowest BCUT2D eigenvalue weighted by Gasteiger charge is -2.12. The van der Waals surface area contributed by atoms with Crippen molar-refractivity contribution in [1.29, 1.82) is 0 Å². The maximum atomic E-state index is 12.3. The van der Waals surface area contributed by atoms with Crippen LogP contribution in [0.2, 0.25) is 0 Å². The molecule has 8 nitrogen and oxygen atoms in total. The topological polar surface area (TPSA) is 95.1 Å². The standard InChI is InChI=1S/C22H21N5O3S/c1-15-8-6-7-11-18(15)29-13-20-24-25-22(27(20)17-9-4-3-5-10-17)31-14-21(28)23-19-12-16(2)30-26-19/h3-12H,13-14H2,1-2H3,(H,23,26,28). The Morgan fingerprint density at radius 1 is 1.10 bits per heavy atom. The highest BCUT2D eigenvalue weighted by molar-refractivity contribution is 7.99. The lowest BCUT2D eigenvalue weighted by Crippen LogP contribution is -2.15. The highest BCUT2D eigenvalue weighted by Crippen LogP contribution is 2.24. The van der Waals surface area contributed by atoms with E-state index in [0.29, 0.717) is 22.6 Å². The molecule has 0 unspecified atom stereocenters. The molecule has 9 heteroatoms. The molecule has 0 spiro atoms. The van der Waals surface area contributed by atoms with Gasteiger partial charge in [-0.05, 0) is 37.6 Å². The van der Waals surface area contributed by atoms with E-state index < -0.39 is 0 Å². The lowest BCUT2D eigenvalue weighted by molar-refractivity contribution is -0.113. The van der Waals surface area contributed by atoms with E-state index in [9.17, 15) is 4.79 Å². The molecule has 0 atom stereocenters. The number of nitrogens with zero attached hydrogens (tertiary/aromatic N) is 4. The second kappa shape index (κ2) is 9.48. The minimum absolute atomic E-state index is 0.148. The highest BCUT2D eigenvalue weighted by atomic mass is 32.2. The van der Waals surface area contributed by atoms with Crippen LogP contribution in [0.15, 0.2) is 70.3 Å². The number of rotatable bonds is 8. The van der Waals surface area contributed by atoms with Crippen molar-refractivity contribution in [3.8, 4) is 11.4 Å². The molecular weight excluding hydrogens is 414 g/mol. The lowest BCUT2D eigenvalue weighted by atomic mass is 10.2. The van der Waals surface area contributed by atoms with Gasteiger partial charge in [0.1, 0.15) is 18.1 Å². The van der Waals surface area contributed by atoms with E-state index in [1.807, 2.05) is 66.1 Å². The van der Waals surface area contributed by atoms with Crippen molar-refractivity contribution in [2.24, 2.45) is 0 Å². The van der Waals surface area contributed by atoms with E-state index in [1.54, 1.807) is 13.0 Å². The zero-order valence-electron chi connectivity index (χ0n) is 17.1.